The fourth-order valence-corrected chi connectivity index (χ4v) is 5.26. The van der Waals surface area contributed by atoms with Crippen molar-refractivity contribution in [3.8, 4) is 11.5 Å². The predicted octanol–water partition coefficient (Wildman–Crippen LogP) is 6.85. The van der Waals surface area contributed by atoms with E-state index in [0.29, 0.717) is 28.3 Å². The number of thioether (sulfide) groups is 1. The summed E-state index contributed by atoms with van der Waals surface area (Å²) in [4.78, 5) is 40.4. The maximum absolute atomic E-state index is 13.6. The summed E-state index contributed by atoms with van der Waals surface area (Å²) in [5.74, 6) is -0.209. The van der Waals surface area contributed by atoms with Crippen molar-refractivity contribution < 1.29 is 23.9 Å². The average Bonchev–Trinajstić information content (AvgIpc) is 3.02. The minimum atomic E-state index is -0.540. The van der Waals surface area contributed by atoms with Crippen LogP contribution in [0.2, 0.25) is 0 Å². The van der Waals surface area contributed by atoms with Crippen LogP contribution >= 0.6 is 11.8 Å². The van der Waals surface area contributed by atoms with Gasteiger partial charge in [0, 0.05) is 27.4 Å². The molecular formula is C35H35N3O5S. The maximum atomic E-state index is 13.6. The second-order valence-electron chi connectivity index (χ2n) is 10.0. The molecule has 0 radical (unpaired) electrons. The molecule has 226 valence electrons. The SMILES string of the molecule is COc1cccc(/C=C(/NC(=O)c2ccccc2)C(=O)Nc2cccc(SC(C)C(=O)Nc3cc(C)ccc3C)c2)c1OC. The number of nitrogens with one attached hydrogen (secondary N) is 3. The molecule has 0 fully saturated rings. The van der Waals surface area contributed by atoms with Gasteiger partial charge in [-0.05, 0) is 80.4 Å². The molecule has 3 N–H and O–H groups in total. The minimum absolute atomic E-state index is 0.00438. The van der Waals surface area contributed by atoms with E-state index in [1.165, 1.54) is 32.1 Å². The van der Waals surface area contributed by atoms with Gasteiger partial charge in [-0.2, -0.15) is 0 Å². The van der Waals surface area contributed by atoms with Gasteiger partial charge in [-0.15, -0.1) is 11.8 Å². The number of aryl methyl sites for hydroxylation is 2. The number of anilines is 2. The van der Waals surface area contributed by atoms with Crippen LogP contribution in [-0.2, 0) is 9.59 Å². The van der Waals surface area contributed by atoms with Crippen LogP contribution in [0.25, 0.3) is 6.08 Å². The molecule has 1 atom stereocenters. The summed E-state index contributed by atoms with van der Waals surface area (Å²) in [6.07, 6.45) is 1.54. The number of carbonyl (C=O) groups excluding carboxylic acids is 3. The Morgan fingerprint density at radius 3 is 2.30 bits per heavy atom. The van der Waals surface area contributed by atoms with Crippen LogP contribution in [0.1, 0.15) is 34.0 Å². The Morgan fingerprint density at radius 1 is 0.818 bits per heavy atom. The Morgan fingerprint density at radius 2 is 1.57 bits per heavy atom. The van der Waals surface area contributed by atoms with Crippen LogP contribution in [-0.4, -0.2) is 37.2 Å². The zero-order chi connectivity index (χ0) is 31.6. The topological polar surface area (TPSA) is 106 Å². The largest absolute Gasteiger partial charge is 0.493 e. The van der Waals surface area contributed by atoms with E-state index in [1.54, 1.807) is 66.7 Å². The van der Waals surface area contributed by atoms with E-state index in [-0.39, 0.29) is 11.6 Å². The highest BCUT2D eigenvalue weighted by Gasteiger charge is 2.19. The molecule has 8 nitrogen and oxygen atoms in total. The smallest absolute Gasteiger partial charge is 0.272 e. The number of hydrogen-bond donors (Lipinski definition) is 3. The molecule has 0 spiro atoms. The lowest BCUT2D eigenvalue weighted by molar-refractivity contribution is -0.115. The first-order chi connectivity index (χ1) is 21.2. The first-order valence-corrected chi connectivity index (χ1v) is 14.8. The lowest BCUT2D eigenvalue weighted by Gasteiger charge is -2.15. The van der Waals surface area contributed by atoms with Crippen molar-refractivity contribution in [1.82, 2.24) is 5.32 Å². The highest BCUT2D eigenvalue weighted by Crippen LogP contribution is 2.32. The Hall–Kier alpha value is -5.02. The van der Waals surface area contributed by atoms with Gasteiger partial charge in [-0.25, -0.2) is 0 Å². The molecule has 0 aliphatic heterocycles. The molecule has 0 saturated carbocycles. The van der Waals surface area contributed by atoms with E-state index in [4.69, 9.17) is 9.47 Å². The summed E-state index contributed by atoms with van der Waals surface area (Å²) in [6.45, 7) is 5.76. The standard InChI is InChI=1S/C35H35N3O5S/c1-22-17-18-23(2)29(19-22)37-33(39)24(3)44-28-15-10-14-27(21-28)36-35(41)30(38-34(40)25-11-7-6-8-12-25)20-26-13-9-16-31(42-4)32(26)43-5/h6-21,24H,1-5H3,(H,36,41)(H,37,39)(H,38,40)/b30-20+. The van der Waals surface area contributed by atoms with E-state index in [0.717, 1.165) is 21.7 Å². The van der Waals surface area contributed by atoms with E-state index >= 15 is 0 Å². The van der Waals surface area contributed by atoms with Crippen LogP contribution in [0.5, 0.6) is 11.5 Å². The van der Waals surface area contributed by atoms with Crippen molar-refractivity contribution in [1.29, 1.82) is 0 Å². The summed E-state index contributed by atoms with van der Waals surface area (Å²) in [5, 5.41) is 8.22. The van der Waals surface area contributed by atoms with Crippen molar-refractivity contribution in [2.24, 2.45) is 0 Å². The molecule has 4 rings (SSSR count). The molecule has 0 bridgehead atoms. The molecular weight excluding hydrogens is 574 g/mol. The number of rotatable bonds is 11. The molecule has 0 heterocycles. The molecule has 0 aliphatic rings. The Kier molecular flexibility index (Phi) is 10.8. The van der Waals surface area contributed by atoms with Gasteiger partial charge < -0.3 is 25.4 Å². The van der Waals surface area contributed by atoms with Gasteiger partial charge in [0.15, 0.2) is 11.5 Å². The lowest BCUT2D eigenvalue weighted by Crippen LogP contribution is -2.30. The van der Waals surface area contributed by atoms with Crippen LogP contribution in [0.4, 0.5) is 11.4 Å². The third-order valence-electron chi connectivity index (χ3n) is 6.69. The van der Waals surface area contributed by atoms with Gasteiger partial charge in [-0.3, -0.25) is 14.4 Å². The van der Waals surface area contributed by atoms with Crippen molar-refractivity contribution >= 4 is 46.9 Å². The zero-order valence-electron chi connectivity index (χ0n) is 25.3. The average molecular weight is 610 g/mol. The molecule has 0 aromatic heterocycles. The minimum Gasteiger partial charge on any atom is -0.493 e. The summed E-state index contributed by atoms with van der Waals surface area (Å²) >= 11 is 1.37. The summed E-state index contributed by atoms with van der Waals surface area (Å²) in [7, 11) is 3.03. The molecule has 4 aromatic rings. The van der Waals surface area contributed by atoms with Crippen LogP contribution < -0.4 is 25.4 Å². The Bertz CT molecular complexity index is 1690. The van der Waals surface area contributed by atoms with E-state index in [9.17, 15) is 14.4 Å². The van der Waals surface area contributed by atoms with Gasteiger partial charge in [0.25, 0.3) is 11.8 Å². The molecule has 4 aromatic carbocycles. The molecule has 9 heteroatoms. The van der Waals surface area contributed by atoms with Crippen molar-refractivity contribution in [3.63, 3.8) is 0 Å². The number of benzene rings is 4. The predicted molar refractivity (Wildman–Crippen MR) is 176 cm³/mol. The first kappa shape index (κ1) is 31.9. The van der Waals surface area contributed by atoms with Gasteiger partial charge >= 0.3 is 0 Å². The number of para-hydroxylation sites is 1. The van der Waals surface area contributed by atoms with Crippen LogP contribution in [0, 0.1) is 13.8 Å². The molecule has 3 amide bonds. The van der Waals surface area contributed by atoms with Gasteiger partial charge in [0.05, 0.1) is 19.5 Å². The Balaban J connectivity index is 1.54. The van der Waals surface area contributed by atoms with Crippen LogP contribution in [0.3, 0.4) is 0 Å². The van der Waals surface area contributed by atoms with Gasteiger partial charge in [-0.1, -0.05) is 48.5 Å². The van der Waals surface area contributed by atoms with E-state index in [1.807, 2.05) is 45.0 Å². The second kappa shape index (κ2) is 14.9. The number of methoxy groups -OCH3 is 2. The lowest BCUT2D eigenvalue weighted by atomic mass is 10.1. The fraction of sp³-hybridized carbons (Fsp3) is 0.171. The highest BCUT2D eigenvalue weighted by atomic mass is 32.2. The van der Waals surface area contributed by atoms with Crippen molar-refractivity contribution in [3.05, 3.63) is 119 Å². The van der Waals surface area contributed by atoms with Gasteiger partial charge in [0.2, 0.25) is 5.91 Å². The first-order valence-electron chi connectivity index (χ1n) is 13.9. The highest BCUT2D eigenvalue weighted by molar-refractivity contribution is 8.00. The maximum Gasteiger partial charge on any atom is 0.272 e. The monoisotopic (exact) mass is 609 g/mol. The van der Waals surface area contributed by atoms with Crippen LogP contribution in [0.15, 0.2) is 102 Å². The third-order valence-corrected chi connectivity index (χ3v) is 7.78. The number of ether oxygens (including phenoxy) is 2. The van der Waals surface area contributed by atoms with E-state index in [2.05, 4.69) is 16.0 Å². The van der Waals surface area contributed by atoms with Gasteiger partial charge in [0.1, 0.15) is 5.70 Å². The molecule has 0 saturated heterocycles. The number of amides is 3. The van der Waals surface area contributed by atoms with Crippen molar-refractivity contribution in [2.45, 2.75) is 30.9 Å². The zero-order valence-corrected chi connectivity index (χ0v) is 26.1. The summed E-state index contributed by atoms with van der Waals surface area (Å²) < 4.78 is 10.9. The second-order valence-corrected chi connectivity index (χ2v) is 11.4. The molecule has 0 aliphatic carbocycles. The van der Waals surface area contributed by atoms with Crippen molar-refractivity contribution in [2.75, 3.05) is 24.9 Å². The van der Waals surface area contributed by atoms with E-state index < -0.39 is 17.1 Å². The number of hydrogen-bond acceptors (Lipinski definition) is 6. The molecule has 44 heavy (non-hydrogen) atoms. The molecule has 1 unspecified atom stereocenters. The number of carbonyl (C=O) groups is 3. The summed E-state index contributed by atoms with van der Waals surface area (Å²) in [5.41, 5.74) is 4.28. The quantitative estimate of drug-likeness (QED) is 0.127. The normalized spacial score (nSPS) is 11.7. The Labute approximate surface area is 261 Å². The summed E-state index contributed by atoms with van der Waals surface area (Å²) in [6, 6.07) is 27.0. The third kappa shape index (κ3) is 8.29. The fourth-order valence-electron chi connectivity index (χ4n) is 4.33.